The van der Waals surface area contributed by atoms with Gasteiger partial charge in [0.25, 0.3) is 0 Å². The predicted octanol–water partition coefficient (Wildman–Crippen LogP) is 5.50. The first-order chi connectivity index (χ1) is 13.7. The Morgan fingerprint density at radius 2 is 1.55 bits per heavy atom. The highest BCUT2D eigenvalue weighted by Crippen LogP contribution is 2.36. The van der Waals surface area contributed by atoms with Crippen LogP contribution < -0.4 is 4.90 Å². The highest BCUT2D eigenvalue weighted by Gasteiger charge is 2.22. The van der Waals surface area contributed by atoms with Crippen molar-refractivity contribution < 1.29 is 5.11 Å². The topological polar surface area (TPSA) is 54.2 Å². The quantitative estimate of drug-likeness (QED) is 0.505. The van der Waals surface area contributed by atoms with E-state index >= 15 is 0 Å². The number of aromatic nitrogens is 3. The molecule has 0 bridgehead atoms. The van der Waals surface area contributed by atoms with Crippen LogP contribution in [0.4, 0.5) is 11.4 Å². The molecule has 5 nitrogen and oxygen atoms in total. The second-order valence-corrected chi connectivity index (χ2v) is 8.49. The lowest BCUT2D eigenvalue weighted by Gasteiger charge is -2.22. The molecule has 1 aromatic heterocycles. The van der Waals surface area contributed by atoms with E-state index in [4.69, 9.17) is 0 Å². The highest BCUT2D eigenvalue weighted by atomic mass is 16.3. The molecule has 0 aliphatic heterocycles. The monoisotopic (exact) mass is 386 g/mol. The minimum atomic E-state index is -0.178. The summed E-state index contributed by atoms with van der Waals surface area (Å²) in [5.74, 6) is 0.227. The Labute approximate surface area is 171 Å². The van der Waals surface area contributed by atoms with Gasteiger partial charge in [0, 0.05) is 24.0 Å². The van der Waals surface area contributed by atoms with E-state index in [2.05, 4.69) is 48.0 Å². The standard InChI is InChI=1S/C24H26N4O/c1-16-13-19(24(2,3)4)23(29)22(14-16)28-25-20-12-11-18(15-21(20)26-28)27(5)17-9-7-6-8-10-17/h6-15,29H,1-5H3. The number of hydrogen-bond acceptors (Lipinski definition) is 4. The van der Waals surface area contributed by atoms with Crippen LogP contribution in [0.15, 0.2) is 60.7 Å². The van der Waals surface area contributed by atoms with Crippen molar-refractivity contribution >= 4 is 22.4 Å². The average molecular weight is 386 g/mol. The molecule has 0 atom stereocenters. The van der Waals surface area contributed by atoms with Gasteiger partial charge in [-0.3, -0.25) is 0 Å². The molecule has 1 N–H and O–H groups in total. The molecule has 5 heteroatoms. The minimum absolute atomic E-state index is 0.178. The highest BCUT2D eigenvalue weighted by molar-refractivity contribution is 5.80. The summed E-state index contributed by atoms with van der Waals surface area (Å²) in [4.78, 5) is 3.65. The normalized spacial score (nSPS) is 11.8. The summed E-state index contributed by atoms with van der Waals surface area (Å²) in [5, 5.41) is 20.2. The van der Waals surface area contributed by atoms with Crippen LogP contribution in [0.5, 0.6) is 5.75 Å². The Hall–Kier alpha value is -3.34. The van der Waals surface area contributed by atoms with Crippen LogP contribution in [0.2, 0.25) is 0 Å². The molecule has 0 radical (unpaired) electrons. The number of aromatic hydroxyl groups is 1. The summed E-state index contributed by atoms with van der Waals surface area (Å²) < 4.78 is 0. The molecule has 3 aromatic carbocycles. The van der Waals surface area contributed by atoms with Crippen molar-refractivity contribution in [1.29, 1.82) is 0 Å². The van der Waals surface area contributed by atoms with Gasteiger partial charge in [0.15, 0.2) is 0 Å². The van der Waals surface area contributed by atoms with Crippen LogP contribution in [0, 0.1) is 6.92 Å². The molecule has 0 amide bonds. The van der Waals surface area contributed by atoms with Gasteiger partial charge in [-0.15, -0.1) is 15.0 Å². The van der Waals surface area contributed by atoms with E-state index in [0.29, 0.717) is 5.69 Å². The summed E-state index contributed by atoms with van der Waals surface area (Å²) >= 11 is 0. The van der Waals surface area contributed by atoms with Crippen LogP contribution in [-0.2, 0) is 5.41 Å². The fraction of sp³-hybridized carbons (Fsp3) is 0.250. The third-order valence-electron chi connectivity index (χ3n) is 5.15. The van der Waals surface area contributed by atoms with E-state index in [-0.39, 0.29) is 11.2 Å². The second-order valence-electron chi connectivity index (χ2n) is 8.49. The van der Waals surface area contributed by atoms with Gasteiger partial charge in [0.05, 0.1) is 0 Å². The van der Waals surface area contributed by atoms with Crippen molar-refractivity contribution in [3.8, 4) is 11.4 Å². The molecule has 0 aliphatic carbocycles. The number of hydrogen-bond donors (Lipinski definition) is 1. The number of aryl methyl sites for hydroxylation is 1. The average Bonchev–Trinajstić information content (AvgIpc) is 3.11. The van der Waals surface area contributed by atoms with Gasteiger partial charge in [-0.2, -0.15) is 0 Å². The molecular weight excluding hydrogens is 360 g/mol. The van der Waals surface area contributed by atoms with Gasteiger partial charge < -0.3 is 10.0 Å². The van der Waals surface area contributed by atoms with Gasteiger partial charge >= 0.3 is 0 Å². The smallest absolute Gasteiger partial charge is 0.146 e. The number of phenols is 1. The number of nitrogens with zero attached hydrogens (tertiary/aromatic N) is 4. The molecule has 0 spiro atoms. The molecule has 0 aliphatic rings. The van der Waals surface area contributed by atoms with E-state index in [1.807, 2.05) is 62.5 Å². The number of rotatable bonds is 3. The van der Waals surface area contributed by atoms with E-state index in [0.717, 1.165) is 33.5 Å². The van der Waals surface area contributed by atoms with E-state index in [1.165, 1.54) is 4.80 Å². The van der Waals surface area contributed by atoms with Gasteiger partial charge in [-0.1, -0.05) is 45.0 Å². The molecule has 0 fully saturated rings. The molecule has 0 saturated carbocycles. The Morgan fingerprint density at radius 1 is 0.862 bits per heavy atom. The molecule has 0 unspecified atom stereocenters. The summed E-state index contributed by atoms with van der Waals surface area (Å²) in [7, 11) is 2.03. The van der Waals surface area contributed by atoms with E-state index < -0.39 is 0 Å². The Bertz CT molecular complexity index is 1170. The Balaban J connectivity index is 1.79. The van der Waals surface area contributed by atoms with Gasteiger partial charge in [-0.05, 0) is 54.3 Å². The fourth-order valence-corrected chi connectivity index (χ4v) is 3.50. The molecule has 29 heavy (non-hydrogen) atoms. The number of benzene rings is 3. The molecular formula is C24H26N4O. The van der Waals surface area contributed by atoms with Crippen LogP contribution in [0.3, 0.4) is 0 Å². The van der Waals surface area contributed by atoms with Crippen LogP contribution in [-0.4, -0.2) is 27.1 Å². The molecule has 4 aromatic rings. The first-order valence-corrected chi connectivity index (χ1v) is 9.74. The summed E-state index contributed by atoms with van der Waals surface area (Å²) in [6, 6.07) is 20.1. The molecule has 148 valence electrons. The molecule has 1 heterocycles. The van der Waals surface area contributed by atoms with E-state index in [9.17, 15) is 5.11 Å². The maximum absolute atomic E-state index is 10.9. The first kappa shape index (κ1) is 19.0. The van der Waals surface area contributed by atoms with E-state index in [1.54, 1.807) is 0 Å². The van der Waals surface area contributed by atoms with Gasteiger partial charge in [0.2, 0.25) is 0 Å². The number of anilines is 2. The largest absolute Gasteiger partial charge is 0.505 e. The third-order valence-corrected chi connectivity index (χ3v) is 5.15. The first-order valence-electron chi connectivity index (χ1n) is 9.74. The maximum atomic E-state index is 10.9. The molecule has 4 rings (SSSR count). The maximum Gasteiger partial charge on any atom is 0.146 e. The lowest BCUT2D eigenvalue weighted by Crippen LogP contribution is -2.13. The zero-order chi connectivity index (χ0) is 20.8. The van der Waals surface area contributed by atoms with Crippen molar-refractivity contribution in [3.63, 3.8) is 0 Å². The Morgan fingerprint density at radius 3 is 2.24 bits per heavy atom. The second kappa shape index (κ2) is 6.92. The van der Waals surface area contributed by atoms with Crippen molar-refractivity contribution in [2.75, 3.05) is 11.9 Å². The predicted molar refractivity (Wildman–Crippen MR) is 118 cm³/mol. The number of fused-ring (bicyclic) bond motifs is 1. The third kappa shape index (κ3) is 3.56. The van der Waals surface area contributed by atoms with Crippen molar-refractivity contribution in [2.45, 2.75) is 33.1 Å². The van der Waals surface area contributed by atoms with Crippen LogP contribution in [0.1, 0.15) is 31.9 Å². The minimum Gasteiger partial charge on any atom is -0.505 e. The zero-order valence-electron chi connectivity index (χ0n) is 17.5. The van der Waals surface area contributed by atoms with Gasteiger partial charge in [-0.25, -0.2) is 0 Å². The summed E-state index contributed by atoms with van der Waals surface area (Å²) in [6.07, 6.45) is 0. The summed E-state index contributed by atoms with van der Waals surface area (Å²) in [5.41, 5.74) is 6.07. The number of phenolic OH excluding ortho intramolecular Hbond substituents is 1. The number of para-hydroxylation sites is 1. The van der Waals surface area contributed by atoms with Crippen LogP contribution >= 0.6 is 0 Å². The zero-order valence-corrected chi connectivity index (χ0v) is 17.5. The lowest BCUT2D eigenvalue weighted by molar-refractivity contribution is 0.440. The fourth-order valence-electron chi connectivity index (χ4n) is 3.50. The SMILES string of the molecule is Cc1cc(-n2nc3ccc(N(C)c4ccccc4)cc3n2)c(O)c(C(C)(C)C)c1. The van der Waals surface area contributed by atoms with Crippen molar-refractivity contribution in [2.24, 2.45) is 0 Å². The van der Waals surface area contributed by atoms with Crippen LogP contribution in [0.25, 0.3) is 16.7 Å². The Kier molecular flexibility index (Phi) is 4.53. The summed E-state index contributed by atoms with van der Waals surface area (Å²) in [6.45, 7) is 8.28. The molecule has 0 saturated heterocycles. The lowest BCUT2D eigenvalue weighted by atomic mass is 9.85. The van der Waals surface area contributed by atoms with Crippen molar-refractivity contribution in [1.82, 2.24) is 15.0 Å². The van der Waals surface area contributed by atoms with Gasteiger partial charge in [0.1, 0.15) is 22.5 Å². The van der Waals surface area contributed by atoms with Crippen molar-refractivity contribution in [3.05, 3.63) is 71.8 Å².